The molecule has 0 saturated heterocycles. The summed E-state index contributed by atoms with van der Waals surface area (Å²) in [4.78, 5) is 17.7. The number of aromatic nitrogens is 2. The molecular weight excluding hydrogens is 280 g/mol. The van der Waals surface area contributed by atoms with E-state index in [1.54, 1.807) is 11.8 Å². The van der Waals surface area contributed by atoms with Crippen LogP contribution in [0.25, 0.3) is 0 Å². The van der Waals surface area contributed by atoms with E-state index >= 15 is 0 Å². The van der Waals surface area contributed by atoms with Gasteiger partial charge in [-0.1, -0.05) is 20.8 Å². The van der Waals surface area contributed by atoms with Crippen LogP contribution in [-0.4, -0.2) is 19.8 Å². The Bertz CT molecular complexity index is 412. The molecule has 0 unspecified atom stereocenters. The maximum absolute atomic E-state index is 11.3. The van der Waals surface area contributed by atoms with Gasteiger partial charge in [-0.2, -0.15) is 4.98 Å². The Morgan fingerprint density at radius 1 is 1.53 bits per heavy atom. The number of thioether (sulfide) groups is 1. The molecule has 15 heavy (non-hydrogen) atoms. The third-order valence-electron chi connectivity index (χ3n) is 1.54. The van der Waals surface area contributed by atoms with Crippen molar-refractivity contribution >= 4 is 27.7 Å². The van der Waals surface area contributed by atoms with E-state index in [1.807, 2.05) is 0 Å². The number of H-pyrrole nitrogens is 1. The minimum atomic E-state index is -0.355. The van der Waals surface area contributed by atoms with E-state index in [-0.39, 0.29) is 20.7 Å². The van der Waals surface area contributed by atoms with Crippen molar-refractivity contribution in [2.45, 2.75) is 31.3 Å². The molecule has 0 saturated carbocycles. The molecule has 0 aliphatic rings. The lowest BCUT2D eigenvalue weighted by Crippen LogP contribution is -2.14. The molecule has 84 valence electrons. The Labute approximate surface area is 101 Å². The zero-order valence-corrected chi connectivity index (χ0v) is 11.2. The van der Waals surface area contributed by atoms with Gasteiger partial charge in [0.15, 0.2) is 0 Å². The highest BCUT2D eigenvalue weighted by Crippen LogP contribution is 2.26. The summed E-state index contributed by atoms with van der Waals surface area (Å²) in [5.41, 5.74) is -0.355. The van der Waals surface area contributed by atoms with Crippen LogP contribution < -0.4 is 5.56 Å². The average molecular weight is 293 g/mol. The van der Waals surface area contributed by atoms with Gasteiger partial charge < -0.3 is 10.1 Å². The summed E-state index contributed by atoms with van der Waals surface area (Å²) in [7, 11) is 0. The Kier molecular flexibility index (Phi) is 3.83. The zero-order valence-electron chi connectivity index (χ0n) is 8.80. The van der Waals surface area contributed by atoms with Crippen molar-refractivity contribution in [1.82, 2.24) is 9.97 Å². The summed E-state index contributed by atoms with van der Waals surface area (Å²) < 4.78 is 0.174. The van der Waals surface area contributed by atoms with Crippen LogP contribution in [0.5, 0.6) is 5.88 Å². The molecule has 0 bridgehead atoms. The second-order valence-corrected chi connectivity index (χ2v) is 6.65. The van der Waals surface area contributed by atoms with Crippen molar-refractivity contribution in [2.24, 2.45) is 0 Å². The number of hydrogen-bond donors (Lipinski definition) is 2. The number of aromatic amines is 1. The molecule has 1 aromatic heterocycles. The number of halogens is 1. The SMILES string of the molecule is CC(C)(C)SCc1nc(O)c(Br)c(=O)[nH]1. The van der Waals surface area contributed by atoms with E-state index in [0.29, 0.717) is 11.6 Å². The van der Waals surface area contributed by atoms with E-state index in [2.05, 4.69) is 46.7 Å². The van der Waals surface area contributed by atoms with Gasteiger partial charge in [0.1, 0.15) is 10.3 Å². The van der Waals surface area contributed by atoms with Gasteiger partial charge in [0, 0.05) is 4.75 Å². The molecule has 0 fully saturated rings. The van der Waals surface area contributed by atoms with Gasteiger partial charge in [0.2, 0.25) is 5.88 Å². The van der Waals surface area contributed by atoms with Gasteiger partial charge in [-0.3, -0.25) is 4.79 Å². The topological polar surface area (TPSA) is 66.0 Å². The van der Waals surface area contributed by atoms with Crippen molar-refractivity contribution in [1.29, 1.82) is 0 Å². The molecule has 4 nitrogen and oxygen atoms in total. The molecule has 0 radical (unpaired) electrons. The standard InChI is InChI=1S/C9H13BrN2O2S/c1-9(2,3)15-4-5-11-7(13)6(10)8(14)12-5/h4H2,1-3H3,(H2,11,12,13,14). The minimum absolute atomic E-state index is 0.0759. The van der Waals surface area contributed by atoms with Gasteiger partial charge in [-0.05, 0) is 15.9 Å². The molecule has 0 atom stereocenters. The van der Waals surface area contributed by atoms with E-state index in [0.717, 1.165) is 0 Å². The molecular formula is C9H13BrN2O2S. The molecule has 1 rings (SSSR count). The van der Waals surface area contributed by atoms with Gasteiger partial charge in [0.05, 0.1) is 5.75 Å². The Morgan fingerprint density at radius 3 is 2.60 bits per heavy atom. The van der Waals surface area contributed by atoms with Crippen LogP contribution in [0.3, 0.4) is 0 Å². The maximum atomic E-state index is 11.3. The number of nitrogens with zero attached hydrogens (tertiary/aromatic N) is 1. The summed E-state index contributed by atoms with van der Waals surface area (Å²) in [6.07, 6.45) is 0. The Hall–Kier alpha value is -0.490. The predicted molar refractivity (Wildman–Crippen MR) is 65.3 cm³/mol. The normalized spacial score (nSPS) is 11.7. The van der Waals surface area contributed by atoms with Crippen LogP contribution in [0.1, 0.15) is 26.6 Å². The van der Waals surface area contributed by atoms with Crippen molar-refractivity contribution in [3.05, 3.63) is 20.7 Å². The molecule has 1 heterocycles. The first kappa shape index (κ1) is 12.6. The summed E-state index contributed by atoms with van der Waals surface area (Å²) in [5.74, 6) is 0.795. The highest BCUT2D eigenvalue weighted by molar-refractivity contribution is 9.10. The quantitative estimate of drug-likeness (QED) is 0.878. The largest absolute Gasteiger partial charge is 0.492 e. The van der Waals surface area contributed by atoms with E-state index < -0.39 is 0 Å². The lowest BCUT2D eigenvalue weighted by molar-refractivity contribution is 0.444. The van der Waals surface area contributed by atoms with Crippen molar-refractivity contribution in [2.75, 3.05) is 0 Å². The van der Waals surface area contributed by atoms with Crippen LogP contribution in [0.15, 0.2) is 9.27 Å². The predicted octanol–water partition coefficient (Wildman–Crippen LogP) is 2.27. The average Bonchev–Trinajstić information content (AvgIpc) is 2.09. The van der Waals surface area contributed by atoms with E-state index in [1.165, 1.54) is 0 Å². The van der Waals surface area contributed by atoms with Crippen molar-refractivity contribution in [3.63, 3.8) is 0 Å². The van der Waals surface area contributed by atoms with Crippen molar-refractivity contribution in [3.8, 4) is 5.88 Å². The lowest BCUT2D eigenvalue weighted by atomic mass is 10.3. The Balaban J connectivity index is 2.84. The zero-order chi connectivity index (χ0) is 11.6. The number of rotatable bonds is 2. The third kappa shape index (κ3) is 3.87. The second kappa shape index (κ2) is 4.57. The van der Waals surface area contributed by atoms with E-state index in [4.69, 9.17) is 0 Å². The number of aromatic hydroxyl groups is 1. The van der Waals surface area contributed by atoms with Crippen LogP contribution >= 0.6 is 27.7 Å². The van der Waals surface area contributed by atoms with Gasteiger partial charge in [-0.15, -0.1) is 11.8 Å². The first-order chi connectivity index (χ1) is 6.79. The summed E-state index contributed by atoms with van der Waals surface area (Å²) >= 11 is 4.59. The molecule has 0 aliphatic heterocycles. The maximum Gasteiger partial charge on any atom is 0.269 e. The molecule has 0 aromatic carbocycles. The fraction of sp³-hybridized carbons (Fsp3) is 0.556. The number of nitrogens with one attached hydrogen (secondary N) is 1. The molecule has 6 heteroatoms. The molecule has 0 amide bonds. The number of hydrogen-bond acceptors (Lipinski definition) is 4. The van der Waals surface area contributed by atoms with Crippen LogP contribution in [-0.2, 0) is 5.75 Å². The first-order valence-electron chi connectivity index (χ1n) is 4.41. The molecule has 1 aromatic rings. The highest BCUT2D eigenvalue weighted by Gasteiger charge is 2.13. The molecule has 2 N–H and O–H groups in total. The molecule has 0 aliphatic carbocycles. The lowest BCUT2D eigenvalue weighted by Gasteiger charge is -2.16. The minimum Gasteiger partial charge on any atom is -0.492 e. The second-order valence-electron chi connectivity index (χ2n) is 4.05. The summed E-state index contributed by atoms with van der Waals surface area (Å²) in [6, 6.07) is 0. The monoisotopic (exact) mass is 292 g/mol. The van der Waals surface area contributed by atoms with Crippen LogP contribution in [0.4, 0.5) is 0 Å². The Morgan fingerprint density at radius 2 is 2.13 bits per heavy atom. The van der Waals surface area contributed by atoms with Crippen molar-refractivity contribution < 1.29 is 5.11 Å². The van der Waals surface area contributed by atoms with E-state index in [9.17, 15) is 9.90 Å². The highest BCUT2D eigenvalue weighted by atomic mass is 79.9. The third-order valence-corrected chi connectivity index (χ3v) is 3.53. The summed E-state index contributed by atoms with van der Waals surface area (Å²) in [6.45, 7) is 6.23. The van der Waals surface area contributed by atoms with Crippen LogP contribution in [0.2, 0.25) is 0 Å². The fourth-order valence-electron chi connectivity index (χ4n) is 0.846. The van der Waals surface area contributed by atoms with Gasteiger partial charge in [-0.25, -0.2) is 0 Å². The summed E-state index contributed by atoms with van der Waals surface area (Å²) in [5, 5.41) is 9.32. The molecule has 0 spiro atoms. The fourth-order valence-corrected chi connectivity index (χ4v) is 1.74. The van der Waals surface area contributed by atoms with Gasteiger partial charge >= 0.3 is 0 Å². The van der Waals surface area contributed by atoms with Crippen LogP contribution in [0, 0.1) is 0 Å². The first-order valence-corrected chi connectivity index (χ1v) is 6.19. The van der Waals surface area contributed by atoms with Gasteiger partial charge in [0.25, 0.3) is 5.56 Å². The smallest absolute Gasteiger partial charge is 0.269 e.